The highest BCUT2D eigenvalue weighted by Gasteiger charge is 2.12. The molecule has 0 bridgehead atoms. The van der Waals surface area contributed by atoms with Gasteiger partial charge in [0.05, 0.1) is 11.0 Å². The number of rotatable bonds is 8. The quantitative estimate of drug-likeness (QED) is 0.430. The Morgan fingerprint density at radius 2 is 1.71 bits per heavy atom. The number of fused-ring (bicyclic) bond motifs is 1. The van der Waals surface area contributed by atoms with Crippen LogP contribution in [0.2, 0.25) is 0 Å². The summed E-state index contributed by atoms with van der Waals surface area (Å²) < 4.78 is 2.31. The molecular weight excluding hydrogens is 382 g/mol. The zero-order valence-electron chi connectivity index (χ0n) is 18.3. The Kier molecular flexibility index (Phi) is 6.46. The molecule has 0 aliphatic carbocycles. The van der Waals surface area contributed by atoms with Crippen LogP contribution >= 0.6 is 0 Å². The van der Waals surface area contributed by atoms with Gasteiger partial charge in [0, 0.05) is 25.1 Å². The molecule has 4 rings (SSSR count). The summed E-state index contributed by atoms with van der Waals surface area (Å²) in [5.74, 6) is 0.999. The van der Waals surface area contributed by atoms with Crippen LogP contribution in [-0.4, -0.2) is 22.0 Å². The summed E-state index contributed by atoms with van der Waals surface area (Å²) in [5, 5.41) is 3.07. The number of hydrogen-bond acceptors (Lipinski definition) is 2. The Labute approximate surface area is 183 Å². The molecular formula is C27H29N3O. The van der Waals surface area contributed by atoms with Gasteiger partial charge in [-0.3, -0.25) is 4.79 Å². The maximum absolute atomic E-state index is 12.6. The second-order valence-corrected chi connectivity index (χ2v) is 8.08. The van der Waals surface area contributed by atoms with Gasteiger partial charge in [-0.1, -0.05) is 60.2 Å². The van der Waals surface area contributed by atoms with Crippen LogP contribution in [0.1, 0.15) is 39.3 Å². The lowest BCUT2D eigenvalue weighted by Gasteiger charge is -2.11. The third-order valence-corrected chi connectivity index (χ3v) is 5.68. The van der Waals surface area contributed by atoms with Crippen LogP contribution in [0.4, 0.5) is 0 Å². The van der Waals surface area contributed by atoms with E-state index in [1.54, 1.807) is 0 Å². The van der Waals surface area contributed by atoms with Crippen molar-refractivity contribution in [2.45, 2.75) is 39.7 Å². The summed E-state index contributed by atoms with van der Waals surface area (Å²) in [6.45, 7) is 5.50. The number of carbonyl (C=O) groups is 1. The van der Waals surface area contributed by atoms with E-state index in [2.05, 4.69) is 58.4 Å². The van der Waals surface area contributed by atoms with Crippen LogP contribution in [-0.2, 0) is 19.4 Å². The first-order valence-corrected chi connectivity index (χ1v) is 11.0. The molecule has 0 saturated carbocycles. The average Bonchev–Trinajstić information content (AvgIpc) is 3.12. The summed E-state index contributed by atoms with van der Waals surface area (Å²) in [5.41, 5.74) is 6.43. The topological polar surface area (TPSA) is 46.9 Å². The van der Waals surface area contributed by atoms with Gasteiger partial charge >= 0.3 is 0 Å². The molecule has 31 heavy (non-hydrogen) atoms. The van der Waals surface area contributed by atoms with E-state index in [4.69, 9.17) is 4.98 Å². The van der Waals surface area contributed by atoms with E-state index >= 15 is 0 Å². The zero-order valence-corrected chi connectivity index (χ0v) is 18.3. The SMILES string of the molecule is Cc1ccc(C(=O)NCCc2nc3ccccc3n2CCCc2ccccc2)c(C)c1. The molecule has 1 amide bonds. The second-order valence-electron chi connectivity index (χ2n) is 8.08. The van der Waals surface area contributed by atoms with Gasteiger partial charge in [0.15, 0.2) is 0 Å². The van der Waals surface area contributed by atoms with Gasteiger partial charge in [0.25, 0.3) is 5.91 Å². The number of para-hydroxylation sites is 2. The standard InChI is InChI=1S/C27H29N3O/c1-20-14-15-23(21(2)19-20)27(31)28-17-16-26-29-24-12-6-7-13-25(24)30(26)18-8-11-22-9-4-3-5-10-22/h3-7,9-10,12-15,19H,8,11,16-18H2,1-2H3,(H,28,31). The number of aryl methyl sites for hydroxylation is 4. The van der Waals surface area contributed by atoms with Crippen molar-refractivity contribution in [1.29, 1.82) is 0 Å². The fraction of sp³-hybridized carbons (Fsp3) is 0.259. The van der Waals surface area contributed by atoms with Crippen molar-refractivity contribution >= 4 is 16.9 Å². The molecule has 1 heterocycles. The summed E-state index contributed by atoms with van der Waals surface area (Å²) in [6, 6.07) is 24.8. The molecule has 4 nitrogen and oxygen atoms in total. The van der Waals surface area contributed by atoms with Crippen molar-refractivity contribution < 1.29 is 4.79 Å². The molecule has 4 heteroatoms. The van der Waals surface area contributed by atoms with Gasteiger partial charge in [-0.15, -0.1) is 0 Å². The highest BCUT2D eigenvalue weighted by atomic mass is 16.1. The Balaban J connectivity index is 1.43. The van der Waals surface area contributed by atoms with Crippen LogP contribution in [0.15, 0.2) is 72.8 Å². The third-order valence-electron chi connectivity index (χ3n) is 5.68. The predicted octanol–water partition coefficient (Wildman–Crippen LogP) is 5.26. The fourth-order valence-corrected chi connectivity index (χ4v) is 4.10. The number of nitrogens with zero attached hydrogens (tertiary/aromatic N) is 2. The van der Waals surface area contributed by atoms with Gasteiger partial charge in [-0.25, -0.2) is 4.98 Å². The van der Waals surface area contributed by atoms with Crippen LogP contribution in [0.25, 0.3) is 11.0 Å². The lowest BCUT2D eigenvalue weighted by molar-refractivity contribution is 0.0953. The molecule has 0 aliphatic heterocycles. The van der Waals surface area contributed by atoms with Gasteiger partial charge in [0.2, 0.25) is 0 Å². The Morgan fingerprint density at radius 3 is 2.52 bits per heavy atom. The minimum atomic E-state index is -0.0239. The fourth-order valence-electron chi connectivity index (χ4n) is 4.10. The first-order valence-electron chi connectivity index (χ1n) is 11.0. The summed E-state index contributed by atoms with van der Waals surface area (Å²) in [4.78, 5) is 17.5. The molecule has 1 aromatic heterocycles. The van der Waals surface area contributed by atoms with Gasteiger partial charge < -0.3 is 9.88 Å². The van der Waals surface area contributed by atoms with Crippen LogP contribution in [0.5, 0.6) is 0 Å². The van der Waals surface area contributed by atoms with Crippen molar-refractivity contribution in [2.75, 3.05) is 6.54 Å². The third kappa shape index (κ3) is 5.02. The molecule has 0 spiro atoms. The number of benzene rings is 3. The second kappa shape index (κ2) is 9.61. The first-order chi connectivity index (χ1) is 15.1. The normalized spacial score (nSPS) is 11.0. The number of hydrogen-bond donors (Lipinski definition) is 1. The highest BCUT2D eigenvalue weighted by molar-refractivity contribution is 5.95. The van der Waals surface area contributed by atoms with Crippen molar-refractivity contribution in [1.82, 2.24) is 14.9 Å². The van der Waals surface area contributed by atoms with E-state index in [0.717, 1.165) is 47.4 Å². The van der Waals surface area contributed by atoms with Crippen LogP contribution < -0.4 is 5.32 Å². The number of carbonyl (C=O) groups excluding carboxylic acids is 1. The van der Waals surface area contributed by atoms with E-state index in [9.17, 15) is 4.79 Å². The average molecular weight is 412 g/mol. The Hall–Kier alpha value is -3.40. The summed E-state index contributed by atoms with van der Waals surface area (Å²) in [7, 11) is 0. The largest absolute Gasteiger partial charge is 0.352 e. The van der Waals surface area contributed by atoms with E-state index in [0.29, 0.717) is 13.0 Å². The molecule has 3 aromatic carbocycles. The van der Waals surface area contributed by atoms with Gasteiger partial charge in [0.1, 0.15) is 5.82 Å². The van der Waals surface area contributed by atoms with Crippen LogP contribution in [0.3, 0.4) is 0 Å². The molecule has 0 atom stereocenters. The van der Waals surface area contributed by atoms with Crippen molar-refractivity contribution in [3.05, 3.63) is 101 Å². The molecule has 158 valence electrons. The molecule has 0 saturated heterocycles. The van der Waals surface area contributed by atoms with E-state index in [-0.39, 0.29) is 5.91 Å². The lowest BCUT2D eigenvalue weighted by atomic mass is 10.1. The first kappa shape index (κ1) is 20.9. The van der Waals surface area contributed by atoms with E-state index in [1.165, 1.54) is 11.1 Å². The molecule has 0 fully saturated rings. The number of nitrogens with one attached hydrogen (secondary N) is 1. The molecule has 4 aromatic rings. The number of imidazole rings is 1. The smallest absolute Gasteiger partial charge is 0.251 e. The number of amides is 1. The molecule has 0 unspecified atom stereocenters. The number of aromatic nitrogens is 2. The van der Waals surface area contributed by atoms with Gasteiger partial charge in [-0.05, 0) is 56.0 Å². The highest BCUT2D eigenvalue weighted by Crippen LogP contribution is 2.18. The monoisotopic (exact) mass is 411 g/mol. The molecule has 1 N–H and O–H groups in total. The van der Waals surface area contributed by atoms with Crippen molar-refractivity contribution in [3.8, 4) is 0 Å². The van der Waals surface area contributed by atoms with Gasteiger partial charge in [-0.2, -0.15) is 0 Å². The zero-order chi connectivity index (χ0) is 21.6. The lowest BCUT2D eigenvalue weighted by Crippen LogP contribution is -2.27. The van der Waals surface area contributed by atoms with Crippen molar-refractivity contribution in [3.63, 3.8) is 0 Å². The molecule has 0 radical (unpaired) electrons. The van der Waals surface area contributed by atoms with Crippen LogP contribution in [0, 0.1) is 13.8 Å². The van der Waals surface area contributed by atoms with Crippen molar-refractivity contribution in [2.24, 2.45) is 0 Å². The summed E-state index contributed by atoms with van der Waals surface area (Å²) >= 11 is 0. The Morgan fingerprint density at radius 1 is 0.935 bits per heavy atom. The maximum Gasteiger partial charge on any atom is 0.251 e. The minimum absolute atomic E-state index is 0.0239. The minimum Gasteiger partial charge on any atom is -0.352 e. The van der Waals surface area contributed by atoms with E-state index in [1.807, 2.05) is 38.1 Å². The summed E-state index contributed by atoms with van der Waals surface area (Å²) in [6.07, 6.45) is 2.79. The van der Waals surface area contributed by atoms with E-state index < -0.39 is 0 Å². The predicted molar refractivity (Wildman–Crippen MR) is 126 cm³/mol. The maximum atomic E-state index is 12.6. The molecule has 0 aliphatic rings. The Bertz CT molecular complexity index is 1180.